The van der Waals surface area contributed by atoms with Crippen LogP contribution in [0.2, 0.25) is 0 Å². The molecule has 0 spiro atoms. The van der Waals surface area contributed by atoms with Gasteiger partial charge in [0.2, 0.25) is 0 Å². The molecule has 21 heavy (non-hydrogen) atoms. The monoisotopic (exact) mass is 292 g/mol. The van der Waals surface area contributed by atoms with Crippen molar-refractivity contribution in [3.8, 4) is 0 Å². The van der Waals surface area contributed by atoms with E-state index >= 15 is 0 Å². The molecule has 0 radical (unpaired) electrons. The summed E-state index contributed by atoms with van der Waals surface area (Å²) in [4.78, 5) is 25.0. The molecule has 5 heteroatoms. The smallest absolute Gasteiger partial charge is 0.326 e. The number of rotatable bonds is 6. The van der Waals surface area contributed by atoms with E-state index in [1.807, 2.05) is 51.1 Å². The molecular weight excluding hydrogens is 268 g/mol. The van der Waals surface area contributed by atoms with Crippen LogP contribution in [0.15, 0.2) is 30.3 Å². The van der Waals surface area contributed by atoms with Gasteiger partial charge in [-0.25, -0.2) is 9.59 Å². The molecule has 1 atom stereocenters. The Bertz CT molecular complexity index is 486. The Hall–Kier alpha value is -2.04. The molecule has 0 bridgehead atoms. The van der Waals surface area contributed by atoms with Gasteiger partial charge in [0.25, 0.3) is 0 Å². The molecule has 2 amide bonds. The number of nitrogens with one attached hydrogen (secondary N) is 1. The van der Waals surface area contributed by atoms with Gasteiger partial charge in [-0.3, -0.25) is 0 Å². The van der Waals surface area contributed by atoms with E-state index < -0.39 is 17.4 Å². The number of aliphatic carboxylic acids is 1. The molecular formula is C16H24N2O3. The van der Waals surface area contributed by atoms with E-state index in [0.29, 0.717) is 13.0 Å². The number of carbonyl (C=O) groups is 2. The van der Waals surface area contributed by atoms with Crippen LogP contribution in [0, 0.1) is 5.41 Å². The number of carbonyl (C=O) groups excluding carboxylic acids is 1. The van der Waals surface area contributed by atoms with Crippen molar-refractivity contribution in [2.75, 3.05) is 7.05 Å². The molecule has 0 aliphatic heterocycles. The highest BCUT2D eigenvalue weighted by Gasteiger charge is 2.35. The van der Waals surface area contributed by atoms with Crippen molar-refractivity contribution >= 4 is 12.0 Å². The fourth-order valence-electron chi connectivity index (χ4n) is 1.96. The van der Waals surface area contributed by atoms with Crippen molar-refractivity contribution < 1.29 is 14.7 Å². The van der Waals surface area contributed by atoms with Crippen molar-refractivity contribution in [1.82, 2.24) is 10.2 Å². The van der Waals surface area contributed by atoms with E-state index in [0.717, 1.165) is 5.56 Å². The lowest BCUT2D eigenvalue weighted by Crippen LogP contribution is -2.53. The summed E-state index contributed by atoms with van der Waals surface area (Å²) in [6.45, 7) is 6.02. The normalized spacial score (nSPS) is 12.6. The molecule has 0 aliphatic carbocycles. The van der Waals surface area contributed by atoms with E-state index in [2.05, 4.69) is 5.32 Å². The van der Waals surface area contributed by atoms with Crippen molar-refractivity contribution in [2.45, 2.75) is 39.8 Å². The Kier molecular flexibility index (Phi) is 5.76. The van der Waals surface area contributed by atoms with E-state index in [1.165, 1.54) is 4.90 Å². The zero-order chi connectivity index (χ0) is 16.0. The summed E-state index contributed by atoms with van der Waals surface area (Å²) in [5.74, 6) is -1.01. The first kappa shape index (κ1) is 17.0. The Balaban J connectivity index is 2.71. The van der Waals surface area contributed by atoms with Gasteiger partial charge >= 0.3 is 12.0 Å². The standard InChI is InChI=1S/C16H24N2O3/c1-5-16(2,3)13(14(19)20)17-15(21)18(4)11-12-9-7-6-8-10-12/h6-10,13H,5,11H2,1-4H3,(H,17,21)(H,19,20)/t13-/m1/s1. The molecule has 1 aromatic carbocycles. The highest BCUT2D eigenvalue weighted by Crippen LogP contribution is 2.25. The second kappa shape index (κ2) is 7.11. The topological polar surface area (TPSA) is 69.6 Å². The molecule has 0 heterocycles. The summed E-state index contributed by atoms with van der Waals surface area (Å²) in [5, 5.41) is 11.9. The predicted molar refractivity (Wildman–Crippen MR) is 81.9 cm³/mol. The third-order valence-electron chi connectivity index (χ3n) is 3.82. The fraction of sp³-hybridized carbons (Fsp3) is 0.500. The summed E-state index contributed by atoms with van der Waals surface area (Å²) in [5.41, 5.74) is 0.492. The molecule has 1 aromatic rings. The van der Waals surface area contributed by atoms with Crippen LogP contribution < -0.4 is 5.32 Å². The number of urea groups is 1. The molecule has 0 fully saturated rings. The summed E-state index contributed by atoms with van der Waals surface area (Å²) < 4.78 is 0. The molecule has 0 saturated carbocycles. The van der Waals surface area contributed by atoms with Gasteiger partial charge in [0.15, 0.2) is 0 Å². The number of carboxylic acids is 1. The van der Waals surface area contributed by atoms with E-state index in [-0.39, 0.29) is 6.03 Å². The van der Waals surface area contributed by atoms with E-state index in [9.17, 15) is 14.7 Å². The summed E-state index contributed by atoms with van der Waals surface area (Å²) >= 11 is 0. The van der Waals surface area contributed by atoms with Gasteiger partial charge < -0.3 is 15.3 Å². The lowest BCUT2D eigenvalue weighted by atomic mass is 9.82. The first-order valence-corrected chi connectivity index (χ1v) is 7.06. The minimum atomic E-state index is -1.01. The minimum absolute atomic E-state index is 0.382. The van der Waals surface area contributed by atoms with E-state index in [4.69, 9.17) is 0 Å². The van der Waals surface area contributed by atoms with Crippen LogP contribution in [0.25, 0.3) is 0 Å². The Morgan fingerprint density at radius 2 is 1.86 bits per heavy atom. The second-order valence-corrected chi connectivity index (χ2v) is 5.90. The molecule has 0 saturated heterocycles. The molecule has 116 valence electrons. The summed E-state index contributed by atoms with van der Waals surface area (Å²) in [7, 11) is 1.65. The third kappa shape index (κ3) is 4.77. The van der Waals surface area contributed by atoms with Crippen molar-refractivity contribution in [3.05, 3.63) is 35.9 Å². The quantitative estimate of drug-likeness (QED) is 0.847. The summed E-state index contributed by atoms with van der Waals surface area (Å²) in [6.07, 6.45) is 0.659. The molecule has 0 unspecified atom stereocenters. The number of carboxylic acid groups (broad SMARTS) is 1. The lowest BCUT2D eigenvalue weighted by Gasteiger charge is -2.32. The maximum absolute atomic E-state index is 12.2. The Morgan fingerprint density at radius 3 is 2.33 bits per heavy atom. The van der Waals surface area contributed by atoms with Gasteiger partial charge in [-0.05, 0) is 17.4 Å². The van der Waals surface area contributed by atoms with Crippen LogP contribution in [-0.2, 0) is 11.3 Å². The fourth-order valence-corrected chi connectivity index (χ4v) is 1.96. The zero-order valence-corrected chi connectivity index (χ0v) is 13.1. The van der Waals surface area contributed by atoms with E-state index in [1.54, 1.807) is 7.05 Å². The first-order chi connectivity index (χ1) is 9.77. The van der Waals surface area contributed by atoms with Gasteiger partial charge in [-0.2, -0.15) is 0 Å². The Labute approximate surface area is 126 Å². The van der Waals surface area contributed by atoms with Crippen LogP contribution >= 0.6 is 0 Å². The highest BCUT2D eigenvalue weighted by molar-refractivity contribution is 5.83. The second-order valence-electron chi connectivity index (χ2n) is 5.90. The number of amides is 2. The number of hydrogen-bond acceptors (Lipinski definition) is 2. The largest absolute Gasteiger partial charge is 0.480 e. The highest BCUT2D eigenvalue weighted by atomic mass is 16.4. The van der Waals surface area contributed by atoms with Crippen LogP contribution in [-0.4, -0.2) is 35.1 Å². The molecule has 1 rings (SSSR count). The molecule has 0 aliphatic rings. The number of hydrogen-bond donors (Lipinski definition) is 2. The van der Waals surface area contributed by atoms with Crippen molar-refractivity contribution in [3.63, 3.8) is 0 Å². The predicted octanol–water partition coefficient (Wildman–Crippen LogP) is 2.72. The maximum Gasteiger partial charge on any atom is 0.326 e. The maximum atomic E-state index is 12.2. The van der Waals surface area contributed by atoms with Crippen LogP contribution in [0.4, 0.5) is 4.79 Å². The van der Waals surface area contributed by atoms with Gasteiger partial charge in [0.1, 0.15) is 6.04 Å². The molecule has 0 aromatic heterocycles. The number of benzene rings is 1. The first-order valence-electron chi connectivity index (χ1n) is 7.06. The van der Waals surface area contributed by atoms with Crippen LogP contribution in [0.3, 0.4) is 0 Å². The average molecular weight is 292 g/mol. The lowest BCUT2D eigenvalue weighted by molar-refractivity contribution is -0.142. The van der Waals surface area contributed by atoms with Crippen LogP contribution in [0.5, 0.6) is 0 Å². The molecule has 5 nitrogen and oxygen atoms in total. The van der Waals surface area contributed by atoms with Gasteiger partial charge in [0.05, 0.1) is 0 Å². The average Bonchev–Trinajstić information content (AvgIpc) is 2.44. The number of nitrogens with zero attached hydrogens (tertiary/aromatic N) is 1. The minimum Gasteiger partial charge on any atom is -0.480 e. The summed E-state index contributed by atoms with van der Waals surface area (Å²) in [6, 6.07) is 8.28. The van der Waals surface area contributed by atoms with Crippen molar-refractivity contribution in [1.29, 1.82) is 0 Å². The van der Waals surface area contributed by atoms with Crippen molar-refractivity contribution in [2.24, 2.45) is 5.41 Å². The molecule has 2 N–H and O–H groups in total. The van der Waals surface area contributed by atoms with Gasteiger partial charge in [-0.1, -0.05) is 51.1 Å². The zero-order valence-electron chi connectivity index (χ0n) is 13.1. The van der Waals surface area contributed by atoms with Gasteiger partial charge in [0, 0.05) is 13.6 Å². The SMILES string of the molecule is CCC(C)(C)[C@H](NC(=O)N(C)Cc1ccccc1)C(=O)O. The Morgan fingerprint density at radius 1 is 1.29 bits per heavy atom. The third-order valence-corrected chi connectivity index (χ3v) is 3.82. The van der Waals surface area contributed by atoms with Crippen LogP contribution in [0.1, 0.15) is 32.8 Å². The van der Waals surface area contributed by atoms with Gasteiger partial charge in [-0.15, -0.1) is 0 Å².